The lowest BCUT2D eigenvalue weighted by molar-refractivity contribution is -0.139. The number of hydrogen-bond acceptors (Lipinski definition) is 2. The van der Waals surface area contributed by atoms with Crippen LogP contribution in [0, 0.1) is 5.41 Å². The molecule has 1 fully saturated rings. The quantitative estimate of drug-likeness (QED) is 0.744. The molecule has 2 atom stereocenters. The van der Waals surface area contributed by atoms with Crippen molar-refractivity contribution in [2.24, 2.45) is 5.41 Å². The van der Waals surface area contributed by atoms with E-state index in [0.717, 1.165) is 19.4 Å². The van der Waals surface area contributed by atoms with Gasteiger partial charge in [-0.05, 0) is 31.2 Å². The van der Waals surface area contributed by atoms with Gasteiger partial charge in [-0.2, -0.15) is 13.2 Å². The van der Waals surface area contributed by atoms with Crippen LogP contribution in [0.15, 0.2) is 0 Å². The van der Waals surface area contributed by atoms with Gasteiger partial charge in [0.05, 0.1) is 6.10 Å². The minimum absolute atomic E-state index is 0.0492. The van der Waals surface area contributed by atoms with Crippen LogP contribution in [0.4, 0.5) is 13.2 Å². The summed E-state index contributed by atoms with van der Waals surface area (Å²) in [5.74, 6) is 0. The summed E-state index contributed by atoms with van der Waals surface area (Å²) in [6, 6.07) is 0.244. The van der Waals surface area contributed by atoms with Gasteiger partial charge in [0.2, 0.25) is 0 Å². The molecule has 2 nitrogen and oxygen atoms in total. The predicted molar refractivity (Wildman–Crippen MR) is 65.5 cm³/mol. The Kier molecular flexibility index (Phi) is 5.46. The Labute approximate surface area is 107 Å². The smallest absolute Gasteiger partial charge is 0.377 e. The largest absolute Gasteiger partial charge is 0.389 e. The summed E-state index contributed by atoms with van der Waals surface area (Å²) in [4.78, 5) is 0. The fourth-order valence-corrected chi connectivity index (χ4v) is 2.65. The van der Waals surface area contributed by atoms with E-state index in [2.05, 4.69) is 19.2 Å². The van der Waals surface area contributed by atoms with Crippen molar-refractivity contribution < 1.29 is 17.9 Å². The fourth-order valence-electron chi connectivity index (χ4n) is 2.65. The van der Waals surface area contributed by atoms with E-state index in [1.807, 2.05) is 6.92 Å². The Morgan fingerprint density at radius 3 is 2.56 bits per heavy atom. The second-order valence-electron chi connectivity index (χ2n) is 5.69. The van der Waals surface area contributed by atoms with Crippen LogP contribution < -0.4 is 5.32 Å². The molecule has 0 saturated heterocycles. The normalized spacial score (nSPS) is 27.7. The van der Waals surface area contributed by atoms with E-state index in [0.29, 0.717) is 0 Å². The topological polar surface area (TPSA) is 21.3 Å². The van der Waals surface area contributed by atoms with E-state index in [-0.39, 0.29) is 30.6 Å². The molecule has 1 rings (SSSR count). The lowest BCUT2D eigenvalue weighted by Crippen LogP contribution is -2.45. The van der Waals surface area contributed by atoms with E-state index in [1.165, 1.54) is 0 Å². The van der Waals surface area contributed by atoms with Crippen LogP contribution >= 0.6 is 0 Å². The van der Waals surface area contributed by atoms with Gasteiger partial charge in [0, 0.05) is 19.1 Å². The van der Waals surface area contributed by atoms with Gasteiger partial charge in [-0.1, -0.05) is 20.8 Å². The van der Waals surface area contributed by atoms with Crippen LogP contribution in [0.2, 0.25) is 0 Å². The number of nitrogens with one attached hydrogen (secondary N) is 1. The molecule has 1 saturated carbocycles. The molecule has 0 aromatic carbocycles. The van der Waals surface area contributed by atoms with Crippen LogP contribution in [0.3, 0.4) is 0 Å². The summed E-state index contributed by atoms with van der Waals surface area (Å²) < 4.78 is 41.7. The maximum atomic E-state index is 12.0. The third kappa shape index (κ3) is 4.76. The highest BCUT2D eigenvalue weighted by Crippen LogP contribution is 2.39. The van der Waals surface area contributed by atoms with E-state index in [1.54, 1.807) is 0 Å². The van der Waals surface area contributed by atoms with Gasteiger partial charge in [0.25, 0.3) is 0 Å². The van der Waals surface area contributed by atoms with Crippen molar-refractivity contribution in [2.45, 2.75) is 64.8 Å². The van der Waals surface area contributed by atoms with Gasteiger partial charge in [-0.3, -0.25) is 0 Å². The highest BCUT2D eigenvalue weighted by molar-refractivity contribution is 4.97. The molecular weight excluding hydrogens is 243 g/mol. The van der Waals surface area contributed by atoms with Crippen molar-refractivity contribution in [3.8, 4) is 0 Å². The first-order chi connectivity index (χ1) is 8.26. The number of alkyl halides is 3. The molecule has 0 spiro atoms. The Balaban J connectivity index is 2.33. The molecule has 0 bridgehead atoms. The van der Waals surface area contributed by atoms with Gasteiger partial charge in [-0.15, -0.1) is 0 Å². The Morgan fingerprint density at radius 2 is 2.00 bits per heavy atom. The molecule has 0 aromatic rings. The van der Waals surface area contributed by atoms with Crippen molar-refractivity contribution in [1.82, 2.24) is 5.32 Å². The maximum absolute atomic E-state index is 12.0. The standard InChI is InChI=1S/C13H24F3NO/c1-4-17-11-10(6-8-12(11,2)3)18-9-5-7-13(14,15)16/h10-11,17H,4-9H2,1-3H3. The van der Waals surface area contributed by atoms with Gasteiger partial charge >= 0.3 is 6.18 Å². The molecule has 0 radical (unpaired) electrons. The Morgan fingerprint density at radius 1 is 1.33 bits per heavy atom. The molecule has 1 N–H and O–H groups in total. The molecule has 108 valence electrons. The number of hydrogen-bond donors (Lipinski definition) is 1. The third-order valence-corrected chi connectivity index (χ3v) is 3.65. The number of rotatable bonds is 6. The number of likely N-dealkylation sites (N-methyl/N-ethyl adjacent to an activating group) is 1. The Hall–Kier alpha value is -0.290. The molecule has 5 heteroatoms. The average molecular weight is 267 g/mol. The summed E-state index contributed by atoms with van der Waals surface area (Å²) in [6.07, 6.45) is -2.74. The zero-order valence-corrected chi connectivity index (χ0v) is 11.4. The van der Waals surface area contributed by atoms with Crippen molar-refractivity contribution in [3.05, 3.63) is 0 Å². The first-order valence-electron chi connectivity index (χ1n) is 6.68. The molecule has 0 amide bonds. The monoisotopic (exact) mass is 267 g/mol. The number of halogens is 3. The zero-order chi connectivity index (χ0) is 13.8. The molecular formula is C13H24F3NO. The third-order valence-electron chi connectivity index (χ3n) is 3.65. The summed E-state index contributed by atoms with van der Waals surface area (Å²) >= 11 is 0. The van der Waals surface area contributed by atoms with Gasteiger partial charge in [-0.25, -0.2) is 0 Å². The average Bonchev–Trinajstić information content (AvgIpc) is 2.50. The van der Waals surface area contributed by atoms with E-state index < -0.39 is 12.6 Å². The minimum Gasteiger partial charge on any atom is -0.377 e. The van der Waals surface area contributed by atoms with Crippen molar-refractivity contribution in [1.29, 1.82) is 0 Å². The van der Waals surface area contributed by atoms with Crippen LogP contribution in [-0.4, -0.2) is 31.5 Å². The van der Waals surface area contributed by atoms with Crippen LogP contribution in [0.5, 0.6) is 0 Å². The molecule has 1 aliphatic carbocycles. The van der Waals surface area contributed by atoms with Gasteiger partial charge in [0.15, 0.2) is 0 Å². The second kappa shape index (κ2) is 6.24. The van der Waals surface area contributed by atoms with Crippen LogP contribution in [0.1, 0.15) is 46.5 Å². The highest BCUT2D eigenvalue weighted by atomic mass is 19.4. The van der Waals surface area contributed by atoms with Crippen molar-refractivity contribution in [3.63, 3.8) is 0 Å². The zero-order valence-electron chi connectivity index (χ0n) is 11.4. The highest BCUT2D eigenvalue weighted by Gasteiger charge is 2.42. The molecule has 2 unspecified atom stereocenters. The molecule has 0 aromatic heterocycles. The number of ether oxygens (including phenoxy) is 1. The summed E-state index contributed by atoms with van der Waals surface area (Å²) in [5.41, 5.74) is 0.157. The predicted octanol–water partition coefficient (Wildman–Crippen LogP) is 3.51. The molecule has 18 heavy (non-hydrogen) atoms. The summed E-state index contributed by atoms with van der Waals surface area (Å²) in [7, 11) is 0. The van der Waals surface area contributed by atoms with Crippen molar-refractivity contribution >= 4 is 0 Å². The Bertz CT molecular complexity index is 253. The fraction of sp³-hybridized carbons (Fsp3) is 1.00. The SMILES string of the molecule is CCNC1C(OCCCC(F)(F)F)CCC1(C)C. The maximum Gasteiger partial charge on any atom is 0.389 e. The molecule has 0 heterocycles. The van der Waals surface area contributed by atoms with Crippen LogP contribution in [0.25, 0.3) is 0 Å². The second-order valence-corrected chi connectivity index (χ2v) is 5.69. The van der Waals surface area contributed by atoms with Gasteiger partial charge in [0.1, 0.15) is 0 Å². The van der Waals surface area contributed by atoms with E-state index in [4.69, 9.17) is 4.74 Å². The first kappa shape index (κ1) is 15.8. The van der Waals surface area contributed by atoms with E-state index in [9.17, 15) is 13.2 Å². The van der Waals surface area contributed by atoms with Crippen molar-refractivity contribution in [2.75, 3.05) is 13.2 Å². The van der Waals surface area contributed by atoms with Crippen LogP contribution in [-0.2, 0) is 4.74 Å². The lowest BCUT2D eigenvalue weighted by atomic mass is 9.87. The summed E-state index contributed by atoms with van der Waals surface area (Å²) in [6.45, 7) is 7.45. The first-order valence-corrected chi connectivity index (χ1v) is 6.68. The lowest BCUT2D eigenvalue weighted by Gasteiger charge is -2.31. The van der Waals surface area contributed by atoms with Gasteiger partial charge < -0.3 is 10.1 Å². The molecule has 0 aliphatic heterocycles. The minimum atomic E-state index is -4.07. The van der Waals surface area contributed by atoms with E-state index >= 15 is 0 Å². The summed E-state index contributed by atoms with van der Waals surface area (Å²) in [5, 5.41) is 3.39. The molecule has 1 aliphatic rings.